The van der Waals surface area contributed by atoms with E-state index in [2.05, 4.69) is 19.4 Å². The van der Waals surface area contributed by atoms with E-state index in [0.29, 0.717) is 15.9 Å². The van der Waals surface area contributed by atoms with Gasteiger partial charge < -0.3 is 14.2 Å². The van der Waals surface area contributed by atoms with E-state index in [9.17, 15) is 48.7 Å². The lowest BCUT2D eigenvalue weighted by Gasteiger charge is -2.26. The fourth-order valence-corrected chi connectivity index (χ4v) is 3.10. The topological polar surface area (TPSA) is 77.0 Å². The Morgan fingerprint density at radius 3 is 1.83 bits per heavy atom. The van der Waals surface area contributed by atoms with Gasteiger partial charge in [-0.25, -0.2) is 9.69 Å². The minimum absolute atomic E-state index is 0.150. The molecule has 19 heteroatoms. The molecule has 36 heavy (non-hydrogen) atoms. The molecule has 0 aromatic carbocycles. The molecule has 0 saturated carbocycles. The molecule has 2 rings (SSSR count). The second-order valence-corrected chi connectivity index (χ2v) is 7.64. The highest BCUT2D eigenvalue weighted by Crippen LogP contribution is 2.38. The van der Waals surface area contributed by atoms with E-state index < -0.39 is 72.9 Å². The molecule has 2 amide bonds. The summed E-state index contributed by atoms with van der Waals surface area (Å²) in [4.78, 5) is 19.5. The molecule has 2 aromatic heterocycles. The van der Waals surface area contributed by atoms with E-state index in [1.54, 1.807) is 0 Å². The summed E-state index contributed by atoms with van der Waals surface area (Å²) in [5, 5.41) is -0.266. The third-order valence-corrected chi connectivity index (χ3v) is 4.95. The van der Waals surface area contributed by atoms with Crippen LogP contribution in [0.4, 0.5) is 59.6 Å². The van der Waals surface area contributed by atoms with Crippen molar-refractivity contribution >= 4 is 28.3 Å². The lowest BCUT2D eigenvalue weighted by Crippen LogP contribution is -2.43. The maximum Gasteiger partial charge on any atom is 0.425 e. The Morgan fingerprint density at radius 1 is 0.944 bits per heavy atom. The van der Waals surface area contributed by atoms with Crippen LogP contribution in [-0.2, 0) is 10.9 Å². The molecule has 0 N–H and O–H groups in total. The fraction of sp³-hybridized carbons (Fsp3) is 0.471. The van der Waals surface area contributed by atoms with Gasteiger partial charge in [0.05, 0.1) is 5.00 Å². The molecule has 0 aliphatic carbocycles. The number of hydrogen-bond donors (Lipinski definition) is 0. The molecule has 0 fully saturated rings. The molecular weight excluding hydrogens is 546 g/mol. The predicted molar refractivity (Wildman–Crippen MR) is 103 cm³/mol. The first-order chi connectivity index (χ1) is 16.4. The summed E-state index contributed by atoms with van der Waals surface area (Å²) in [6.07, 6.45) is -14.8. The van der Waals surface area contributed by atoms with Crippen LogP contribution in [0.15, 0.2) is 12.1 Å². The summed E-state index contributed by atoms with van der Waals surface area (Å²) in [6, 6.07) is 0.352. The molecule has 0 saturated heterocycles. The lowest BCUT2D eigenvalue weighted by molar-refractivity contribution is -0.155. The van der Waals surface area contributed by atoms with Gasteiger partial charge in [0, 0.05) is 14.2 Å². The van der Waals surface area contributed by atoms with Crippen molar-refractivity contribution in [1.29, 1.82) is 0 Å². The molecule has 0 aliphatic heterocycles. The Balaban J connectivity index is 2.48. The Hall–Kier alpha value is -3.09. The Kier molecular flexibility index (Phi) is 8.82. The first-order valence-corrected chi connectivity index (χ1v) is 9.92. The molecular formula is C17H14F10N4O4S. The lowest BCUT2D eigenvalue weighted by atomic mass is 10.4. The number of halogens is 10. The van der Waals surface area contributed by atoms with Gasteiger partial charge in [-0.1, -0.05) is 0 Å². The fourth-order valence-electron chi connectivity index (χ4n) is 2.27. The van der Waals surface area contributed by atoms with Crippen LogP contribution in [0.5, 0.6) is 11.8 Å². The van der Waals surface area contributed by atoms with Crippen LogP contribution in [0.25, 0.3) is 0 Å². The van der Waals surface area contributed by atoms with Gasteiger partial charge in [0.25, 0.3) is 11.8 Å². The minimum atomic E-state index is -5.01. The number of carbonyl (C=O) groups is 1. The maximum atomic E-state index is 14.4. The summed E-state index contributed by atoms with van der Waals surface area (Å²) in [5.74, 6) is -5.99. The van der Waals surface area contributed by atoms with Crippen molar-refractivity contribution in [3.8, 4) is 11.8 Å². The standard InChI is InChI=1S/C17H14F10N4O4S/c1-30(9-4-3-8(36-9)17(25,26)27)14(32)31(7-33-2)13-28-11(34-5-15(19,20)21)10(18)12(29-13)35-6-16(22,23)24/h3-4H,5-7H2,1-2H3. The number of aromatic nitrogens is 2. The number of amides is 2. The van der Waals surface area contributed by atoms with Crippen LogP contribution in [0.2, 0.25) is 0 Å². The highest BCUT2D eigenvalue weighted by Gasteiger charge is 2.36. The molecule has 0 spiro atoms. The van der Waals surface area contributed by atoms with Crippen LogP contribution in [0.3, 0.4) is 0 Å². The third kappa shape index (κ3) is 7.97. The maximum absolute atomic E-state index is 14.4. The van der Waals surface area contributed by atoms with Crippen molar-refractivity contribution < 1.29 is 62.9 Å². The number of hydrogen-bond acceptors (Lipinski definition) is 7. The molecule has 0 radical (unpaired) electrons. The van der Waals surface area contributed by atoms with Gasteiger partial charge in [0.1, 0.15) is 11.6 Å². The van der Waals surface area contributed by atoms with Gasteiger partial charge in [-0.05, 0) is 12.1 Å². The number of ether oxygens (including phenoxy) is 3. The zero-order chi connectivity index (χ0) is 27.5. The summed E-state index contributed by atoms with van der Waals surface area (Å²) >= 11 is 0.150. The van der Waals surface area contributed by atoms with Gasteiger partial charge in [-0.3, -0.25) is 4.90 Å². The predicted octanol–water partition coefficient (Wildman–Crippen LogP) is 5.24. The molecule has 0 bridgehead atoms. The Morgan fingerprint density at radius 2 is 1.44 bits per heavy atom. The number of urea groups is 1. The average Bonchev–Trinajstić information content (AvgIpc) is 3.24. The number of anilines is 2. The van der Waals surface area contributed by atoms with Crippen molar-refractivity contribution in [2.24, 2.45) is 0 Å². The number of alkyl halides is 9. The van der Waals surface area contributed by atoms with E-state index in [-0.39, 0.29) is 16.3 Å². The number of nitrogens with zero attached hydrogens (tertiary/aromatic N) is 4. The summed E-state index contributed by atoms with van der Waals surface area (Å²) < 4.78 is 141. The molecule has 2 aromatic rings. The van der Waals surface area contributed by atoms with Crippen LogP contribution in [0.1, 0.15) is 4.88 Å². The van der Waals surface area contributed by atoms with Gasteiger partial charge in [-0.2, -0.15) is 53.9 Å². The Labute approximate surface area is 199 Å². The van der Waals surface area contributed by atoms with Crippen molar-refractivity contribution in [2.45, 2.75) is 18.5 Å². The van der Waals surface area contributed by atoms with E-state index in [1.165, 1.54) is 0 Å². The molecule has 0 aliphatic rings. The van der Waals surface area contributed by atoms with Gasteiger partial charge in [0.15, 0.2) is 13.2 Å². The first kappa shape index (κ1) is 29.1. The van der Waals surface area contributed by atoms with Crippen molar-refractivity contribution in [3.63, 3.8) is 0 Å². The van der Waals surface area contributed by atoms with E-state index in [4.69, 9.17) is 4.74 Å². The highest BCUT2D eigenvalue weighted by molar-refractivity contribution is 7.16. The third-order valence-electron chi connectivity index (χ3n) is 3.74. The SMILES string of the molecule is COCN(C(=O)N(C)c1ccc(C(F)(F)F)s1)c1nc(OCC(F)(F)F)c(F)c(OCC(F)(F)F)n1. The number of rotatable bonds is 8. The molecule has 2 heterocycles. The minimum Gasteiger partial charge on any atom is -0.466 e. The zero-order valence-corrected chi connectivity index (χ0v) is 18.7. The number of thiophene rings is 1. The van der Waals surface area contributed by atoms with Crippen LogP contribution < -0.4 is 19.3 Å². The smallest absolute Gasteiger partial charge is 0.425 e. The van der Waals surface area contributed by atoms with E-state index in [0.717, 1.165) is 20.2 Å². The van der Waals surface area contributed by atoms with Crippen LogP contribution >= 0.6 is 11.3 Å². The first-order valence-electron chi connectivity index (χ1n) is 9.10. The second kappa shape index (κ2) is 10.9. The van der Waals surface area contributed by atoms with Crippen molar-refractivity contribution in [1.82, 2.24) is 9.97 Å². The summed E-state index contributed by atoms with van der Waals surface area (Å²) in [6.45, 7) is -5.05. The second-order valence-electron chi connectivity index (χ2n) is 6.58. The van der Waals surface area contributed by atoms with E-state index in [1.807, 2.05) is 0 Å². The number of carbonyl (C=O) groups excluding carboxylic acids is 1. The highest BCUT2D eigenvalue weighted by atomic mass is 32.1. The van der Waals surface area contributed by atoms with Gasteiger partial charge >= 0.3 is 24.6 Å². The Bertz CT molecular complexity index is 1020. The molecule has 8 nitrogen and oxygen atoms in total. The van der Waals surface area contributed by atoms with Crippen LogP contribution in [0, 0.1) is 5.82 Å². The average molecular weight is 560 g/mol. The molecule has 0 unspecified atom stereocenters. The largest absolute Gasteiger partial charge is 0.466 e. The van der Waals surface area contributed by atoms with Gasteiger partial charge in [-0.15, -0.1) is 11.3 Å². The van der Waals surface area contributed by atoms with Crippen molar-refractivity contribution in [2.75, 3.05) is 43.9 Å². The zero-order valence-electron chi connectivity index (χ0n) is 17.9. The van der Waals surface area contributed by atoms with Gasteiger partial charge in [0.2, 0.25) is 11.8 Å². The van der Waals surface area contributed by atoms with Crippen molar-refractivity contribution in [3.05, 3.63) is 22.8 Å². The van der Waals surface area contributed by atoms with Crippen LogP contribution in [-0.4, -0.2) is 62.5 Å². The summed E-state index contributed by atoms with van der Waals surface area (Å²) in [7, 11) is 2.02. The normalized spacial score (nSPS) is 12.4. The quantitative estimate of drug-likeness (QED) is 0.325. The summed E-state index contributed by atoms with van der Waals surface area (Å²) in [5.41, 5.74) is 0. The molecule has 0 atom stereocenters. The molecule has 202 valence electrons. The van der Waals surface area contributed by atoms with E-state index >= 15 is 0 Å². The monoisotopic (exact) mass is 560 g/mol. The number of methoxy groups -OCH3 is 1.